The third-order valence-corrected chi connectivity index (χ3v) is 5.48. The van der Waals surface area contributed by atoms with E-state index in [2.05, 4.69) is 51.1 Å². The van der Waals surface area contributed by atoms with E-state index >= 15 is 0 Å². The summed E-state index contributed by atoms with van der Waals surface area (Å²) < 4.78 is 11.0. The van der Waals surface area contributed by atoms with Crippen molar-refractivity contribution >= 4 is 6.09 Å². The smallest absolute Gasteiger partial charge is 0.410 e. The van der Waals surface area contributed by atoms with E-state index in [9.17, 15) is 4.79 Å². The normalized spacial score (nSPS) is 18.9. The van der Waals surface area contributed by atoms with Crippen LogP contribution in [0.2, 0.25) is 0 Å². The van der Waals surface area contributed by atoms with Crippen LogP contribution in [0.3, 0.4) is 0 Å². The summed E-state index contributed by atoms with van der Waals surface area (Å²) in [5.74, 6) is 1.27. The number of methoxy groups -OCH3 is 1. The fraction of sp³-hybridized carbons (Fsp3) is 0.435. The van der Waals surface area contributed by atoms with E-state index in [1.165, 1.54) is 11.1 Å². The van der Waals surface area contributed by atoms with E-state index in [4.69, 9.17) is 9.47 Å². The van der Waals surface area contributed by atoms with Crippen LogP contribution in [0, 0.1) is 6.92 Å². The topological polar surface area (TPSA) is 38.8 Å². The van der Waals surface area contributed by atoms with Crippen molar-refractivity contribution in [1.82, 2.24) is 4.90 Å². The van der Waals surface area contributed by atoms with E-state index in [-0.39, 0.29) is 18.2 Å². The number of cyclic esters (lactones) is 1. The van der Waals surface area contributed by atoms with Crippen LogP contribution < -0.4 is 4.74 Å². The molecule has 1 aliphatic heterocycles. The number of rotatable bonds is 7. The minimum atomic E-state index is -0.206. The van der Waals surface area contributed by atoms with E-state index in [1.807, 2.05) is 23.1 Å². The first kappa shape index (κ1) is 19.3. The molecule has 0 radical (unpaired) electrons. The average molecular weight is 367 g/mol. The van der Waals surface area contributed by atoms with Gasteiger partial charge in [0.2, 0.25) is 0 Å². The van der Waals surface area contributed by atoms with Gasteiger partial charge in [-0.3, -0.25) is 4.90 Å². The molecule has 0 spiro atoms. The second-order valence-electron chi connectivity index (χ2n) is 7.50. The van der Waals surface area contributed by atoms with E-state index < -0.39 is 0 Å². The SMILES string of the molecule is COc1cccc([C@H](C)CC[C@H]2CN([C@@H](C)c3cccc(C)c3)C(=O)O2)c1. The molecular weight excluding hydrogens is 338 g/mol. The number of aryl methyl sites for hydroxylation is 1. The summed E-state index contributed by atoms with van der Waals surface area (Å²) in [6.07, 6.45) is 1.58. The molecule has 4 nitrogen and oxygen atoms in total. The van der Waals surface area contributed by atoms with Crippen LogP contribution in [0.15, 0.2) is 48.5 Å². The van der Waals surface area contributed by atoms with Crippen molar-refractivity contribution in [3.05, 3.63) is 65.2 Å². The summed E-state index contributed by atoms with van der Waals surface area (Å²) in [4.78, 5) is 14.2. The van der Waals surface area contributed by atoms with Gasteiger partial charge < -0.3 is 9.47 Å². The fourth-order valence-corrected chi connectivity index (χ4v) is 3.67. The van der Waals surface area contributed by atoms with Gasteiger partial charge in [-0.2, -0.15) is 0 Å². The second-order valence-corrected chi connectivity index (χ2v) is 7.50. The number of hydrogen-bond donors (Lipinski definition) is 0. The zero-order valence-corrected chi connectivity index (χ0v) is 16.6. The lowest BCUT2D eigenvalue weighted by molar-refractivity contribution is 0.124. The van der Waals surface area contributed by atoms with Crippen molar-refractivity contribution < 1.29 is 14.3 Å². The van der Waals surface area contributed by atoms with Gasteiger partial charge in [-0.1, -0.05) is 48.9 Å². The molecule has 0 unspecified atom stereocenters. The molecule has 0 bridgehead atoms. The number of benzene rings is 2. The van der Waals surface area contributed by atoms with Gasteiger partial charge in [-0.15, -0.1) is 0 Å². The van der Waals surface area contributed by atoms with Gasteiger partial charge in [0.1, 0.15) is 11.9 Å². The second kappa shape index (κ2) is 8.47. The molecule has 1 fully saturated rings. The van der Waals surface area contributed by atoms with Gasteiger partial charge in [0.25, 0.3) is 0 Å². The van der Waals surface area contributed by atoms with Crippen molar-refractivity contribution in [3.63, 3.8) is 0 Å². The summed E-state index contributed by atoms with van der Waals surface area (Å²) >= 11 is 0. The number of nitrogens with zero attached hydrogens (tertiary/aromatic N) is 1. The van der Waals surface area contributed by atoms with Crippen LogP contribution >= 0.6 is 0 Å². The molecule has 3 atom stereocenters. The average Bonchev–Trinajstić information content (AvgIpc) is 3.06. The summed E-state index contributed by atoms with van der Waals surface area (Å²) in [6, 6.07) is 16.5. The van der Waals surface area contributed by atoms with Gasteiger partial charge in [0.05, 0.1) is 19.7 Å². The number of amides is 1. The Bertz CT molecular complexity index is 789. The molecule has 2 aromatic rings. The van der Waals surface area contributed by atoms with Gasteiger partial charge in [-0.05, 0) is 55.9 Å². The Morgan fingerprint density at radius 1 is 1.15 bits per heavy atom. The van der Waals surface area contributed by atoms with Gasteiger partial charge >= 0.3 is 6.09 Å². The minimum Gasteiger partial charge on any atom is -0.497 e. The highest BCUT2D eigenvalue weighted by Crippen LogP contribution is 2.30. The zero-order chi connectivity index (χ0) is 19.4. The molecule has 0 N–H and O–H groups in total. The Hall–Kier alpha value is -2.49. The maximum atomic E-state index is 12.4. The molecule has 0 aliphatic carbocycles. The Kier molecular flexibility index (Phi) is 6.04. The molecule has 2 aromatic carbocycles. The first-order valence-electron chi connectivity index (χ1n) is 9.65. The van der Waals surface area contributed by atoms with E-state index in [0.29, 0.717) is 12.5 Å². The van der Waals surface area contributed by atoms with Gasteiger partial charge in [0.15, 0.2) is 0 Å². The predicted molar refractivity (Wildman–Crippen MR) is 107 cm³/mol. The molecule has 27 heavy (non-hydrogen) atoms. The molecular formula is C23H29NO3. The molecule has 1 saturated heterocycles. The lowest BCUT2D eigenvalue weighted by Crippen LogP contribution is -2.28. The first-order valence-corrected chi connectivity index (χ1v) is 9.65. The number of hydrogen-bond acceptors (Lipinski definition) is 3. The molecule has 144 valence electrons. The third-order valence-electron chi connectivity index (χ3n) is 5.48. The van der Waals surface area contributed by atoms with Crippen LogP contribution in [0.5, 0.6) is 5.75 Å². The van der Waals surface area contributed by atoms with Gasteiger partial charge in [-0.25, -0.2) is 4.79 Å². The number of ether oxygens (including phenoxy) is 2. The van der Waals surface area contributed by atoms with Crippen LogP contribution in [-0.2, 0) is 4.74 Å². The van der Waals surface area contributed by atoms with Crippen LogP contribution in [0.25, 0.3) is 0 Å². The summed E-state index contributed by atoms with van der Waals surface area (Å²) in [6.45, 7) is 7.00. The third kappa shape index (κ3) is 4.62. The Labute approximate surface area is 162 Å². The monoisotopic (exact) mass is 367 g/mol. The molecule has 1 amide bonds. The highest BCUT2D eigenvalue weighted by atomic mass is 16.6. The zero-order valence-electron chi connectivity index (χ0n) is 16.6. The van der Waals surface area contributed by atoms with Crippen LogP contribution in [0.1, 0.15) is 55.3 Å². The maximum Gasteiger partial charge on any atom is 0.410 e. The first-order chi connectivity index (χ1) is 13.0. The molecule has 3 rings (SSSR count). The Morgan fingerprint density at radius 3 is 2.63 bits per heavy atom. The number of carbonyl (C=O) groups is 1. The van der Waals surface area contributed by atoms with Crippen molar-refractivity contribution in [2.24, 2.45) is 0 Å². The largest absolute Gasteiger partial charge is 0.497 e. The Morgan fingerprint density at radius 2 is 1.89 bits per heavy atom. The van der Waals surface area contributed by atoms with Crippen LogP contribution in [0.4, 0.5) is 4.79 Å². The molecule has 0 saturated carbocycles. The van der Waals surface area contributed by atoms with Gasteiger partial charge in [0, 0.05) is 0 Å². The van der Waals surface area contributed by atoms with Crippen molar-refractivity contribution in [3.8, 4) is 5.75 Å². The molecule has 0 aromatic heterocycles. The fourth-order valence-electron chi connectivity index (χ4n) is 3.67. The lowest BCUT2D eigenvalue weighted by atomic mass is 9.94. The summed E-state index contributed by atoms with van der Waals surface area (Å²) in [5.41, 5.74) is 3.61. The summed E-state index contributed by atoms with van der Waals surface area (Å²) in [5, 5.41) is 0. The molecule has 1 heterocycles. The predicted octanol–water partition coefficient (Wildman–Crippen LogP) is 5.47. The van der Waals surface area contributed by atoms with E-state index in [0.717, 1.165) is 24.2 Å². The molecule has 4 heteroatoms. The highest BCUT2D eigenvalue weighted by Gasteiger charge is 2.34. The van der Waals surface area contributed by atoms with E-state index in [1.54, 1.807) is 7.11 Å². The van der Waals surface area contributed by atoms with Crippen molar-refractivity contribution in [2.75, 3.05) is 13.7 Å². The quantitative estimate of drug-likeness (QED) is 0.651. The maximum absolute atomic E-state index is 12.4. The van der Waals surface area contributed by atoms with Crippen molar-refractivity contribution in [1.29, 1.82) is 0 Å². The summed E-state index contributed by atoms with van der Waals surface area (Å²) in [7, 11) is 1.69. The number of carbonyl (C=O) groups excluding carboxylic acids is 1. The highest BCUT2D eigenvalue weighted by molar-refractivity contribution is 5.70. The lowest BCUT2D eigenvalue weighted by Gasteiger charge is -2.22. The standard InChI is InChI=1S/C23H29NO3/c1-16-7-5-9-20(13-16)18(3)24-15-22(27-23(24)25)12-11-17(2)19-8-6-10-21(14-19)26-4/h5-10,13-14,17-18,22H,11-12,15H2,1-4H3/t17-,18+,22+/m1/s1. The van der Waals surface area contributed by atoms with Crippen LogP contribution in [-0.4, -0.2) is 30.8 Å². The van der Waals surface area contributed by atoms with Crippen molar-refractivity contribution in [2.45, 2.75) is 51.7 Å². The minimum absolute atomic E-state index is 0.0261. The Balaban J connectivity index is 1.57. The molecule has 1 aliphatic rings.